The van der Waals surface area contributed by atoms with Gasteiger partial charge in [0, 0.05) is 16.8 Å². The van der Waals surface area contributed by atoms with Gasteiger partial charge < -0.3 is 0 Å². The quantitative estimate of drug-likeness (QED) is 0.176. The van der Waals surface area contributed by atoms with Gasteiger partial charge in [-0.1, -0.05) is 83.7 Å². The van der Waals surface area contributed by atoms with Crippen LogP contribution < -0.4 is 9.75 Å². The van der Waals surface area contributed by atoms with Crippen molar-refractivity contribution in [1.29, 1.82) is 0 Å². The molecule has 0 radical (unpaired) electrons. The maximum Gasteiger partial charge on any atom is 0.213 e. The molecule has 1 heterocycles. The lowest BCUT2D eigenvalue weighted by molar-refractivity contribution is -0.659. The lowest BCUT2D eigenvalue weighted by atomic mass is 9.63. The molecule has 0 aliphatic heterocycles. The van der Waals surface area contributed by atoms with Crippen LogP contribution in [0.3, 0.4) is 0 Å². The molecule has 0 bridgehead atoms. The van der Waals surface area contributed by atoms with E-state index in [9.17, 15) is 4.39 Å². The summed E-state index contributed by atoms with van der Waals surface area (Å²) in [6.07, 6.45) is 4.77. The molecule has 0 atom stereocenters. The normalized spacial score (nSPS) is 16.1. The van der Waals surface area contributed by atoms with Crippen molar-refractivity contribution in [1.82, 2.24) is 0 Å². The van der Waals surface area contributed by atoms with E-state index in [2.05, 4.69) is 115 Å². The number of nitrogens with zero attached hydrogens (tertiary/aromatic N) is 1. The van der Waals surface area contributed by atoms with Gasteiger partial charge >= 0.3 is 0 Å². The van der Waals surface area contributed by atoms with Gasteiger partial charge in [0.15, 0.2) is 6.20 Å². The van der Waals surface area contributed by atoms with E-state index in [4.69, 9.17) is 0 Å². The molecular formula is C37H45FNSi+. The predicted octanol–water partition coefficient (Wildman–Crippen LogP) is 9.16. The molecule has 208 valence electrons. The lowest BCUT2D eigenvalue weighted by Gasteiger charge is -2.42. The van der Waals surface area contributed by atoms with Crippen LogP contribution in [0.25, 0.3) is 33.5 Å². The summed E-state index contributed by atoms with van der Waals surface area (Å²) in [5.41, 5.74) is 13.0. The molecule has 3 heteroatoms. The Hall–Kier alpha value is -3.04. The molecule has 1 aromatic heterocycles. The second kappa shape index (κ2) is 9.80. The summed E-state index contributed by atoms with van der Waals surface area (Å²) >= 11 is 0. The first kappa shape index (κ1) is 28.5. The zero-order valence-corrected chi connectivity index (χ0v) is 27.1. The number of benzene rings is 3. The summed E-state index contributed by atoms with van der Waals surface area (Å²) in [4.78, 5) is 0. The molecule has 4 aromatic rings. The summed E-state index contributed by atoms with van der Waals surface area (Å²) in [6.45, 7) is 21.0. The third kappa shape index (κ3) is 5.09. The molecule has 0 amide bonds. The Kier molecular flexibility index (Phi) is 6.98. The second-order valence-corrected chi connectivity index (χ2v) is 19.4. The summed E-state index contributed by atoms with van der Waals surface area (Å²) in [6, 6.07) is 21.6. The molecule has 1 aliphatic rings. The van der Waals surface area contributed by atoms with E-state index in [1.165, 1.54) is 57.0 Å². The first-order valence-electron chi connectivity index (χ1n) is 14.7. The number of rotatable bonds is 4. The Bertz CT molecular complexity index is 1620. The maximum absolute atomic E-state index is 13.9. The van der Waals surface area contributed by atoms with Crippen LogP contribution >= 0.6 is 0 Å². The highest BCUT2D eigenvalue weighted by atomic mass is 28.3. The SMILES string of the molecule is Cc1cc(-c2ccc3c(c2)C(C)(C)CCC3(C)C)ccc1-c1cc(-c2ccc(F)cc2C)[n+](C)cc1[Si](C)(C)C. The second-order valence-electron chi connectivity index (χ2n) is 14.4. The topological polar surface area (TPSA) is 3.88 Å². The van der Waals surface area contributed by atoms with Crippen molar-refractivity contribution in [3.05, 3.63) is 94.9 Å². The Morgan fingerprint density at radius 2 is 1.25 bits per heavy atom. The van der Waals surface area contributed by atoms with Crippen molar-refractivity contribution < 1.29 is 8.96 Å². The number of aryl methyl sites for hydroxylation is 3. The molecule has 0 unspecified atom stereocenters. The van der Waals surface area contributed by atoms with Gasteiger partial charge in [-0.2, -0.15) is 0 Å². The third-order valence-corrected chi connectivity index (χ3v) is 11.3. The van der Waals surface area contributed by atoms with Crippen LogP contribution in [0.5, 0.6) is 0 Å². The summed E-state index contributed by atoms with van der Waals surface area (Å²) in [5.74, 6) is -0.191. The van der Waals surface area contributed by atoms with Crippen molar-refractivity contribution >= 4 is 13.3 Å². The number of halogens is 1. The van der Waals surface area contributed by atoms with Gasteiger partial charge in [0.05, 0.1) is 8.07 Å². The molecular weight excluding hydrogens is 505 g/mol. The Morgan fingerprint density at radius 3 is 1.88 bits per heavy atom. The van der Waals surface area contributed by atoms with Crippen LogP contribution in [0.2, 0.25) is 19.6 Å². The Balaban J connectivity index is 1.64. The van der Waals surface area contributed by atoms with Crippen molar-refractivity contribution in [2.24, 2.45) is 7.05 Å². The zero-order chi connectivity index (χ0) is 29.2. The van der Waals surface area contributed by atoms with Gasteiger partial charge in [0.1, 0.15) is 12.9 Å². The summed E-state index contributed by atoms with van der Waals surface area (Å²) < 4.78 is 16.2. The van der Waals surface area contributed by atoms with Gasteiger partial charge in [-0.15, -0.1) is 0 Å². The predicted molar refractivity (Wildman–Crippen MR) is 172 cm³/mol. The molecule has 0 spiro atoms. The molecule has 1 nitrogen and oxygen atoms in total. The highest BCUT2D eigenvalue weighted by Gasteiger charge is 2.37. The average Bonchev–Trinajstić information content (AvgIpc) is 2.86. The molecule has 3 aromatic carbocycles. The number of aromatic nitrogens is 1. The average molecular weight is 551 g/mol. The van der Waals surface area contributed by atoms with Crippen molar-refractivity contribution in [2.45, 2.75) is 84.9 Å². The lowest BCUT2D eigenvalue weighted by Crippen LogP contribution is -2.46. The van der Waals surface area contributed by atoms with Crippen LogP contribution in [-0.2, 0) is 17.9 Å². The first-order valence-corrected chi connectivity index (χ1v) is 18.2. The van der Waals surface area contributed by atoms with Gasteiger partial charge in [-0.05, 0) is 100 Å². The maximum atomic E-state index is 13.9. The minimum absolute atomic E-state index is 0.191. The highest BCUT2D eigenvalue weighted by molar-refractivity contribution is 6.89. The highest BCUT2D eigenvalue weighted by Crippen LogP contribution is 2.47. The standard InChI is InChI=1S/C37H45FNSi/c1-24-19-26(27-12-16-32-33(21-27)37(5,6)18-17-36(32,3)4)11-14-29(24)31-22-34(30-15-13-28(38)20-25(30)2)39(7)23-35(31)40(8,9)10/h11-16,19-23H,17-18H2,1-10H3/q+1. The first-order chi connectivity index (χ1) is 18.6. The monoisotopic (exact) mass is 550 g/mol. The van der Waals surface area contributed by atoms with Gasteiger partial charge in [-0.3, -0.25) is 0 Å². The Morgan fingerprint density at radius 1 is 0.675 bits per heavy atom. The Labute approximate surface area is 242 Å². The van der Waals surface area contributed by atoms with Gasteiger partial charge in [0.25, 0.3) is 0 Å². The van der Waals surface area contributed by atoms with E-state index in [0.29, 0.717) is 0 Å². The summed E-state index contributed by atoms with van der Waals surface area (Å²) in [7, 11) is 0.445. The van der Waals surface area contributed by atoms with Crippen molar-refractivity contribution in [3.8, 4) is 33.5 Å². The number of hydrogen-bond donors (Lipinski definition) is 0. The van der Waals surface area contributed by atoms with E-state index in [0.717, 1.165) is 16.8 Å². The molecule has 5 rings (SSSR count). The fourth-order valence-corrected chi connectivity index (χ4v) is 8.16. The number of fused-ring (bicyclic) bond motifs is 1. The minimum Gasteiger partial charge on any atom is -0.207 e. The smallest absolute Gasteiger partial charge is 0.207 e. The molecule has 40 heavy (non-hydrogen) atoms. The zero-order valence-electron chi connectivity index (χ0n) is 26.1. The number of hydrogen-bond acceptors (Lipinski definition) is 0. The molecule has 0 fully saturated rings. The fourth-order valence-electron chi connectivity index (χ4n) is 6.57. The van der Waals surface area contributed by atoms with Crippen LogP contribution in [0.1, 0.15) is 62.8 Å². The molecule has 0 N–H and O–H groups in total. The van der Waals surface area contributed by atoms with E-state index >= 15 is 0 Å². The third-order valence-electron chi connectivity index (χ3n) is 9.25. The van der Waals surface area contributed by atoms with E-state index in [-0.39, 0.29) is 16.6 Å². The van der Waals surface area contributed by atoms with Crippen LogP contribution in [0.15, 0.2) is 66.9 Å². The van der Waals surface area contributed by atoms with E-state index < -0.39 is 8.07 Å². The number of pyridine rings is 1. The fraction of sp³-hybridized carbons (Fsp3) is 0.378. The summed E-state index contributed by atoms with van der Waals surface area (Å²) in [5, 5.41) is 1.44. The van der Waals surface area contributed by atoms with Gasteiger partial charge in [-0.25, -0.2) is 8.96 Å². The largest absolute Gasteiger partial charge is 0.213 e. The van der Waals surface area contributed by atoms with E-state index in [1.54, 1.807) is 12.1 Å². The molecule has 0 saturated heterocycles. The van der Waals surface area contributed by atoms with E-state index in [1.807, 2.05) is 13.0 Å². The van der Waals surface area contributed by atoms with Crippen molar-refractivity contribution in [2.75, 3.05) is 0 Å². The van der Waals surface area contributed by atoms with Crippen molar-refractivity contribution in [3.63, 3.8) is 0 Å². The van der Waals surface area contributed by atoms with Crippen LogP contribution in [0, 0.1) is 19.7 Å². The minimum atomic E-state index is -1.67. The van der Waals surface area contributed by atoms with Gasteiger partial charge in [0.2, 0.25) is 5.69 Å². The van der Waals surface area contributed by atoms with Crippen LogP contribution in [-0.4, -0.2) is 8.07 Å². The van der Waals surface area contributed by atoms with Crippen LogP contribution in [0.4, 0.5) is 4.39 Å². The molecule has 1 aliphatic carbocycles. The molecule has 0 saturated carbocycles.